The van der Waals surface area contributed by atoms with Gasteiger partial charge in [0.1, 0.15) is 0 Å². The molecule has 1 N–H and O–H groups in total. The summed E-state index contributed by atoms with van der Waals surface area (Å²) in [5.74, 6) is 0.190. The monoisotopic (exact) mass is 320 g/mol. The summed E-state index contributed by atoms with van der Waals surface area (Å²) in [5, 5.41) is 8.43. The molecule has 2 aromatic rings. The second-order valence-corrected chi connectivity index (χ2v) is 5.94. The van der Waals surface area contributed by atoms with Crippen LogP contribution in [0.15, 0.2) is 22.0 Å². The summed E-state index contributed by atoms with van der Waals surface area (Å²) in [5.41, 5.74) is 0. The fourth-order valence-electron chi connectivity index (χ4n) is 2.31. The quantitative estimate of drug-likeness (QED) is 0.816. The first-order valence-corrected chi connectivity index (χ1v) is 8.05. The molecule has 8 heteroatoms. The fraction of sp³-hybridized carbons (Fsp3) is 0.429. The molecule has 1 saturated heterocycles. The summed E-state index contributed by atoms with van der Waals surface area (Å²) in [6.45, 7) is 1.96. The molecular weight excluding hydrogens is 304 g/mol. The minimum Gasteiger partial charge on any atom is -0.348 e. The number of nitrogens with zero attached hydrogens (tertiary/aromatic N) is 3. The molecule has 0 bridgehead atoms. The third-order valence-corrected chi connectivity index (χ3v) is 4.29. The van der Waals surface area contributed by atoms with Gasteiger partial charge < -0.3 is 14.7 Å². The van der Waals surface area contributed by atoms with Gasteiger partial charge >= 0.3 is 11.8 Å². The Morgan fingerprint density at radius 1 is 1.50 bits per heavy atom. The normalized spacial score (nSPS) is 14.5. The molecule has 2 aromatic heterocycles. The Balaban J connectivity index is 1.45. The van der Waals surface area contributed by atoms with Crippen molar-refractivity contribution in [2.45, 2.75) is 19.3 Å². The van der Waals surface area contributed by atoms with E-state index in [9.17, 15) is 9.59 Å². The van der Waals surface area contributed by atoms with E-state index >= 15 is 0 Å². The third-order valence-electron chi connectivity index (χ3n) is 3.42. The number of hydrogen-bond acceptors (Lipinski definition) is 6. The summed E-state index contributed by atoms with van der Waals surface area (Å²) in [4.78, 5) is 30.1. The molecule has 0 aromatic carbocycles. The van der Waals surface area contributed by atoms with Crippen molar-refractivity contribution in [3.8, 4) is 10.7 Å². The average Bonchev–Trinajstić information content (AvgIpc) is 3.24. The molecule has 22 heavy (non-hydrogen) atoms. The molecule has 1 aliphatic heterocycles. The highest BCUT2D eigenvalue weighted by Crippen LogP contribution is 2.21. The lowest BCUT2D eigenvalue weighted by Gasteiger charge is -2.14. The lowest BCUT2D eigenvalue weighted by Crippen LogP contribution is -2.30. The van der Waals surface area contributed by atoms with E-state index in [2.05, 4.69) is 15.5 Å². The Kier molecular flexibility index (Phi) is 4.47. The van der Waals surface area contributed by atoms with Gasteiger partial charge in [-0.1, -0.05) is 11.2 Å². The van der Waals surface area contributed by atoms with Gasteiger partial charge in [0.15, 0.2) is 0 Å². The van der Waals surface area contributed by atoms with Crippen molar-refractivity contribution < 1.29 is 14.1 Å². The SMILES string of the molecule is O=C(NCCCN1CCCC1=O)c1nc(-c2cccs2)no1. The van der Waals surface area contributed by atoms with Crippen molar-refractivity contribution in [1.82, 2.24) is 20.4 Å². The zero-order valence-electron chi connectivity index (χ0n) is 11.9. The molecule has 3 heterocycles. The first-order valence-electron chi connectivity index (χ1n) is 7.17. The molecule has 1 aliphatic rings. The second-order valence-electron chi connectivity index (χ2n) is 4.99. The minimum absolute atomic E-state index is 0.0411. The predicted molar refractivity (Wildman–Crippen MR) is 80.4 cm³/mol. The maximum atomic E-state index is 11.9. The van der Waals surface area contributed by atoms with Gasteiger partial charge in [0.25, 0.3) is 0 Å². The number of nitrogens with one attached hydrogen (secondary N) is 1. The Morgan fingerprint density at radius 2 is 2.41 bits per heavy atom. The van der Waals surface area contributed by atoms with Crippen molar-refractivity contribution in [1.29, 1.82) is 0 Å². The van der Waals surface area contributed by atoms with Crippen LogP contribution in [-0.4, -0.2) is 46.5 Å². The Bertz CT molecular complexity index is 653. The molecule has 0 saturated carbocycles. The van der Waals surface area contributed by atoms with Gasteiger partial charge in [0.2, 0.25) is 11.7 Å². The van der Waals surface area contributed by atoms with Crippen molar-refractivity contribution in [3.63, 3.8) is 0 Å². The molecule has 3 rings (SSSR count). The van der Waals surface area contributed by atoms with E-state index in [0.29, 0.717) is 31.8 Å². The van der Waals surface area contributed by atoms with Crippen LogP contribution in [0.3, 0.4) is 0 Å². The van der Waals surface area contributed by atoms with Crippen molar-refractivity contribution in [2.24, 2.45) is 0 Å². The third kappa shape index (κ3) is 3.33. The van der Waals surface area contributed by atoms with E-state index in [1.807, 2.05) is 22.4 Å². The van der Waals surface area contributed by atoms with Crippen LogP contribution in [0.25, 0.3) is 10.7 Å². The molecule has 0 atom stereocenters. The molecule has 0 spiro atoms. The number of thiophene rings is 1. The van der Waals surface area contributed by atoms with E-state index < -0.39 is 0 Å². The summed E-state index contributed by atoms with van der Waals surface area (Å²) < 4.78 is 4.97. The van der Waals surface area contributed by atoms with E-state index in [1.54, 1.807) is 0 Å². The van der Waals surface area contributed by atoms with E-state index in [0.717, 1.165) is 17.8 Å². The van der Waals surface area contributed by atoms with Crippen molar-refractivity contribution >= 4 is 23.2 Å². The zero-order valence-corrected chi connectivity index (χ0v) is 12.8. The van der Waals surface area contributed by atoms with Crippen LogP contribution < -0.4 is 5.32 Å². The first kappa shape index (κ1) is 14.7. The van der Waals surface area contributed by atoms with Gasteiger partial charge in [-0.05, 0) is 24.3 Å². The van der Waals surface area contributed by atoms with Gasteiger partial charge in [-0.2, -0.15) is 4.98 Å². The highest BCUT2D eigenvalue weighted by atomic mass is 32.1. The van der Waals surface area contributed by atoms with Crippen molar-refractivity contribution in [2.75, 3.05) is 19.6 Å². The number of amides is 2. The van der Waals surface area contributed by atoms with Gasteiger partial charge in [0, 0.05) is 26.1 Å². The molecule has 0 aliphatic carbocycles. The molecule has 7 nitrogen and oxygen atoms in total. The van der Waals surface area contributed by atoms with Crippen LogP contribution in [0.1, 0.15) is 29.9 Å². The second kappa shape index (κ2) is 6.69. The largest absolute Gasteiger partial charge is 0.348 e. The average molecular weight is 320 g/mol. The zero-order chi connectivity index (χ0) is 15.4. The van der Waals surface area contributed by atoms with Crippen LogP contribution in [0.2, 0.25) is 0 Å². The van der Waals surface area contributed by atoms with Crippen molar-refractivity contribution in [3.05, 3.63) is 23.4 Å². The number of aromatic nitrogens is 2. The maximum absolute atomic E-state index is 11.9. The molecule has 116 valence electrons. The number of carbonyl (C=O) groups is 2. The van der Waals surface area contributed by atoms with Crippen LogP contribution in [0.4, 0.5) is 0 Å². The molecular formula is C14H16N4O3S. The Morgan fingerprint density at radius 3 is 3.14 bits per heavy atom. The standard InChI is InChI=1S/C14H16N4O3S/c19-11-5-1-7-18(11)8-3-6-15-13(20)14-16-12(17-21-14)10-4-2-9-22-10/h2,4,9H,1,3,5-8H2,(H,15,20). The molecule has 2 amide bonds. The van der Waals surface area contributed by atoms with Crippen LogP contribution in [0, 0.1) is 0 Å². The first-order chi connectivity index (χ1) is 10.7. The predicted octanol–water partition coefficient (Wildman–Crippen LogP) is 1.54. The fourth-order valence-corrected chi connectivity index (χ4v) is 2.96. The van der Waals surface area contributed by atoms with Gasteiger partial charge in [-0.15, -0.1) is 11.3 Å². The van der Waals surface area contributed by atoms with Crippen LogP contribution in [0.5, 0.6) is 0 Å². The number of rotatable bonds is 6. The minimum atomic E-state index is -0.386. The lowest BCUT2D eigenvalue weighted by molar-refractivity contribution is -0.127. The number of carbonyl (C=O) groups excluding carboxylic acids is 2. The van der Waals surface area contributed by atoms with Crippen LogP contribution >= 0.6 is 11.3 Å². The summed E-state index contributed by atoms with van der Waals surface area (Å²) >= 11 is 1.48. The molecule has 0 radical (unpaired) electrons. The van der Waals surface area contributed by atoms with E-state index in [4.69, 9.17) is 4.52 Å². The Labute approximate surface area is 131 Å². The maximum Gasteiger partial charge on any atom is 0.316 e. The summed E-state index contributed by atoms with van der Waals surface area (Å²) in [6, 6.07) is 3.75. The van der Waals surface area contributed by atoms with Gasteiger partial charge in [0.05, 0.1) is 4.88 Å². The van der Waals surface area contributed by atoms with Gasteiger partial charge in [-0.25, -0.2) is 0 Å². The molecule has 1 fully saturated rings. The highest BCUT2D eigenvalue weighted by molar-refractivity contribution is 7.13. The highest BCUT2D eigenvalue weighted by Gasteiger charge is 2.20. The summed E-state index contributed by atoms with van der Waals surface area (Å²) in [7, 11) is 0. The topological polar surface area (TPSA) is 88.3 Å². The Hall–Kier alpha value is -2.22. The van der Waals surface area contributed by atoms with E-state index in [-0.39, 0.29) is 17.7 Å². The number of likely N-dealkylation sites (tertiary alicyclic amines) is 1. The van der Waals surface area contributed by atoms with Crippen LogP contribution in [-0.2, 0) is 4.79 Å². The van der Waals surface area contributed by atoms with Gasteiger partial charge in [-0.3, -0.25) is 9.59 Å². The van der Waals surface area contributed by atoms with E-state index in [1.165, 1.54) is 11.3 Å². The smallest absolute Gasteiger partial charge is 0.316 e. The molecule has 0 unspecified atom stereocenters. The number of hydrogen-bond donors (Lipinski definition) is 1. The lowest BCUT2D eigenvalue weighted by atomic mass is 10.4. The summed E-state index contributed by atoms with van der Waals surface area (Å²) in [6.07, 6.45) is 2.28.